The van der Waals surface area contributed by atoms with Gasteiger partial charge in [0.1, 0.15) is 0 Å². The van der Waals surface area contributed by atoms with Gasteiger partial charge < -0.3 is 11.1 Å². The Kier molecular flexibility index (Phi) is 5.23. The van der Waals surface area contributed by atoms with Crippen molar-refractivity contribution in [3.63, 3.8) is 0 Å². The number of halogens is 4. The number of carbonyl (C=O) groups is 1. The molecule has 0 aromatic heterocycles. The molecule has 138 valence electrons. The van der Waals surface area contributed by atoms with Gasteiger partial charge in [-0.15, -0.1) is 12.4 Å². The third kappa shape index (κ3) is 3.40. The summed E-state index contributed by atoms with van der Waals surface area (Å²) in [6.07, 6.45) is 4.67. The SMILES string of the molecule is Cl.N[C@H]1[C@@H](C(=O)Nc2cccc(S(=O)(=O)C(F)(F)F)c2)[C@@H]2C=C[C@H]1C2. The van der Waals surface area contributed by atoms with E-state index in [1.807, 2.05) is 12.2 Å². The van der Waals surface area contributed by atoms with Crippen LogP contribution < -0.4 is 11.1 Å². The average Bonchev–Trinajstić information content (AvgIpc) is 3.07. The zero-order valence-corrected chi connectivity index (χ0v) is 14.4. The number of anilines is 1. The van der Waals surface area contributed by atoms with E-state index in [0.717, 1.165) is 24.6 Å². The molecule has 1 fully saturated rings. The van der Waals surface area contributed by atoms with Crippen molar-refractivity contribution in [2.45, 2.75) is 22.9 Å². The van der Waals surface area contributed by atoms with Crippen molar-refractivity contribution in [3.8, 4) is 0 Å². The summed E-state index contributed by atoms with van der Waals surface area (Å²) in [5, 5.41) is 2.48. The molecule has 0 spiro atoms. The number of sulfone groups is 1. The predicted octanol–water partition coefficient (Wildman–Crippen LogP) is 2.49. The van der Waals surface area contributed by atoms with Crippen LogP contribution in [0.4, 0.5) is 18.9 Å². The highest BCUT2D eigenvalue weighted by Gasteiger charge is 2.48. The van der Waals surface area contributed by atoms with Crippen LogP contribution >= 0.6 is 12.4 Å². The highest BCUT2D eigenvalue weighted by molar-refractivity contribution is 7.92. The first kappa shape index (κ1) is 19.7. The maximum atomic E-state index is 12.6. The Balaban J connectivity index is 0.00000225. The number of benzene rings is 1. The van der Waals surface area contributed by atoms with E-state index in [9.17, 15) is 26.4 Å². The third-order valence-corrected chi connectivity index (χ3v) is 6.02. The molecule has 1 aromatic rings. The first-order chi connectivity index (χ1) is 11.1. The number of hydrogen-bond acceptors (Lipinski definition) is 4. The summed E-state index contributed by atoms with van der Waals surface area (Å²) in [6, 6.07) is 3.78. The lowest BCUT2D eigenvalue weighted by Gasteiger charge is -2.23. The van der Waals surface area contributed by atoms with Gasteiger partial charge in [0, 0.05) is 11.7 Å². The average molecular weight is 397 g/mol. The molecule has 0 aliphatic heterocycles. The van der Waals surface area contributed by atoms with E-state index < -0.39 is 32.1 Å². The molecule has 2 aliphatic rings. The molecule has 0 unspecified atom stereocenters. The van der Waals surface area contributed by atoms with Gasteiger partial charge in [-0.2, -0.15) is 13.2 Å². The van der Waals surface area contributed by atoms with Crippen molar-refractivity contribution >= 4 is 33.8 Å². The standard InChI is InChI=1S/C15H15F3N2O3S.ClH/c16-15(17,18)24(22,23)11-3-1-2-10(7-11)20-14(21)12-8-4-5-9(6-8)13(12)19;/h1-5,7-9,12-13H,6,19H2,(H,20,21);1H/t8-,9+,12+,13-;/m1./s1. The Bertz CT molecular complexity index is 810. The Hall–Kier alpha value is -1.58. The van der Waals surface area contributed by atoms with Crippen molar-refractivity contribution in [2.24, 2.45) is 23.5 Å². The van der Waals surface area contributed by atoms with Gasteiger partial charge in [-0.3, -0.25) is 4.79 Å². The minimum absolute atomic E-state index is 0. The second kappa shape index (κ2) is 6.62. The number of hydrogen-bond donors (Lipinski definition) is 2. The number of amides is 1. The van der Waals surface area contributed by atoms with Crippen LogP contribution in [-0.4, -0.2) is 25.9 Å². The van der Waals surface area contributed by atoms with Gasteiger partial charge >= 0.3 is 5.51 Å². The van der Waals surface area contributed by atoms with E-state index in [4.69, 9.17) is 5.73 Å². The molecule has 2 aliphatic carbocycles. The summed E-state index contributed by atoms with van der Waals surface area (Å²) in [6.45, 7) is 0. The normalized spacial score (nSPS) is 27.8. The fourth-order valence-corrected chi connectivity index (χ4v) is 4.14. The van der Waals surface area contributed by atoms with Gasteiger partial charge in [0.15, 0.2) is 0 Å². The molecule has 4 atom stereocenters. The van der Waals surface area contributed by atoms with Gasteiger partial charge in [0.25, 0.3) is 9.84 Å². The van der Waals surface area contributed by atoms with Gasteiger partial charge in [-0.05, 0) is 36.5 Å². The van der Waals surface area contributed by atoms with Crippen molar-refractivity contribution in [3.05, 3.63) is 36.4 Å². The van der Waals surface area contributed by atoms with Gasteiger partial charge in [-0.25, -0.2) is 8.42 Å². The van der Waals surface area contributed by atoms with Crippen LogP contribution in [0.15, 0.2) is 41.3 Å². The smallest absolute Gasteiger partial charge is 0.326 e. The molecule has 2 bridgehead atoms. The minimum atomic E-state index is -5.46. The molecular formula is C15H16ClF3N2O3S. The molecule has 5 nitrogen and oxygen atoms in total. The van der Waals surface area contributed by atoms with Crippen LogP contribution in [0.1, 0.15) is 6.42 Å². The number of carbonyl (C=O) groups excluding carboxylic acids is 1. The lowest BCUT2D eigenvalue weighted by Crippen LogP contribution is -2.41. The second-order valence-electron chi connectivity index (χ2n) is 6.02. The number of fused-ring (bicyclic) bond motifs is 2. The van der Waals surface area contributed by atoms with Crippen molar-refractivity contribution in [1.82, 2.24) is 0 Å². The van der Waals surface area contributed by atoms with E-state index in [2.05, 4.69) is 5.32 Å². The minimum Gasteiger partial charge on any atom is -0.326 e. The van der Waals surface area contributed by atoms with E-state index >= 15 is 0 Å². The summed E-state index contributed by atoms with van der Waals surface area (Å²) in [4.78, 5) is 11.5. The Morgan fingerprint density at radius 2 is 1.84 bits per heavy atom. The number of nitrogens with two attached hydrogens (primary N) is 1. The van der Waals surface area contributed by atoms with Crippen molar-refractivity contribution in [2.75, 3.05) is 5.32 Å². The van der Waals surface area contributed by atoms with E-state index in [1.165, 1.54) is 6.07 Å². The molecule has 0 saturated heterocycles. The molecule has 1 saturated carbocycles. The molecule has 1 amide bonds. The van der Waals surface area contributed by atoms with Crippen LogP contribution in [0, 0.1) is 17.8 Å². The molecule has 25 heavy (non-hydrogen) atoms. The van der Waals surface area contributed by atoms with Gasteiger partial charge in [0.05, 0.1) is 10.8 Å². The topological polar surface area (TPSA) is 89.3 Å². The first-order valence-electron chi connectivity index (χ1n) is 7.27. The highest BCUT2D eigenvalue weighted by Crippen LogP contribution is 2.43. The second-order valence-corrected chi connectivity index (χ2v) is 7.96. The maximum absolute atomic E-state index is 12.6. The fraction of sp³-hybridized carbons (Fsp3) is 0.400. The predicted molar refractivity (Wildman–Crippen MR) is 87.8 cm³/mol. The lowest BCUT2D eigenvalue weighted by molar-refractivity contribution is -0.120. The van der Waals surface area contributed by atoms with Gasteiger partial charge in [0.2, 0.25) is 5.91 Å². The molecule has 3 N–H and O–H groups in total. The molecular weight excluding hydrogens is 381 g/mol. The van der Waals surface area contributed by atoms with Crippen LogP contribution in [-0.2, 0) is 14.6 Å². The monoisotopic (exact) mass is 396 g/mol. The van der Waals surface area contributed by atoms with Crippen LogP contribution in [0.2, 0.25) is 0 Å². The summed E-state index contributed by atoms with van der Waals surface area (Å²) in [5.74, 6) is -0.751. The molecule has 1 aromatic carbocycles. The Morgan fingerprint density at radius 1 is 1.20 bits per heavy atom. The fourth-order valence-electron chi connectivity index (χ4n) is 3.33. The molecule has 10 heteroatoms. The number of rotatable bonds is 3. The van der Waals surface area contributed by atoms with Gasteiger partial charge in [-0.1, -0.05) is 18.2 Å². The third-order valence-electron chi connectivity index (χ3n) is 4.54. The zero-order chi connectivity index (χ0) is 17.7. The van der Waals surface area contributed by atoms with Crippen LogP contribution in [0.5, 0.6) is 0 Å². The van der Waals surface area contributed by atoms with Crippen molar-refractivity contribution < 1.29 is 26.4 Å². The summed E-state index contributed by atoms with van der Waals surface area (Å²) in [5.41, 5.74) is 0.613. The largest absolute Gasteiger partial charge is 0.501 e. The summed E-state index contributed by atoms with van der Waals surface area (Å²) < 4.78 is 60.7. The Labute approximate surface area is 148 Å². The molecule has 0 heterocycles. The number of nitrogens with one attached hydrogen (secondary N) is 1. The first-order valence-corrected chi connectivity index (χ1v) is 8.76. The summed E-state index contributed by atoms with van der Waals surface area (Å²) in [7, 11) is -5.46. The maximum Gasteiger partial charge on any atom is 0.501 e. The van der Waals surface area contributed by atoms with Crippen molar-refractivity contribution in [1.29, 1.82) is 0 Å². The van der Waals surface area contributed by atoms with E-state index in [-0.39, 0.29) is 36.0 Å². The van der Waals surface area contributed by atoms with E-state index in [1.54, 1.807) is 0 Å². The Morgan fingerprint density at radius 3 is 2.40 bits per heavy atom. The molecule has 3 rings (SSSR count). The van der Waals surface area contributed by atoms with E-state index in [0.29, 0.717) is 0 Å². The molecule has 0 radical (unpaired) electrons. The lowest BCUT2D eigenvalue weighted by atomic mass is 9.88. The van der Waals surface area contributed by atoms with Crippen LogP contribution in [0.25, 0.3) is 0 Å². The quantitative estimate of drug-likeness (QED) is 0.768. The van der Waals surface area contributed by atoms with Crippen LogP contribution in [0.3, 0.4) is 0 Å². The summed E-state index contributed by atoms with van der Waals surface area (Å²) >= 11 is 0. The zero-order valence-electron chi connectivity index (χ0n) is 12.7. The number of allylic oxidation sites excluding steroid dienone is 1. The highest BCUT2D eigenvalue weighted by atomic mass is 35.5. The number of alkyl halides is 3.